The van der Waals surface area contributed by atoms with E-state index in [0.29, 0.717) is 0 Å². The summed E-state index contributed by atoms with van der Waals surface area (Å²) in [5, 5.41) is 4.20. The van der Waals surface area contributed by atoms with Gasteiger partial charge in [0.15, 0.2) is 0 Å². The average Bonchev–Trinajstić information content (AvgIpc) is 2.55. The van der Waals surface area contributed by atoms with Crippen molar-refractivity contribution in [3.8, 4) is 0 Å². The Bertz CT molecular complexity index is 489. The van der Waals surface area contributed by atoms with E-state index in [0.717, 1.165) is 8.19 Å². The van der Waals surface area contributed by atoms with Crippen LogP contribution in [0, 0.1) is 0 Å². The van der Waals surface area contributed by atoms with Crippen molar-refractivity contribution in [2.24, 2.45) is 0 Å². The van der Waals surface area contributed by atoms with E-state index in [2.05, 4.69) is 49.9 Å². The van der Waals surface area contributed by atoms with Gasteiger partial charge in [-0.25, -0.2) is 0 Å². The summed E-state index contributed by atoms with van der Waals surface area (Å²) in [6.45, 7) is 5.94. The summed E-state index contributed by atoms with van der Waals surface area (Å²) in [4.78, 5) is 0. The fraction of sp³-hybridized carbons (Fsp3) is 0.0769. The molecular weight excluding hydrogens is 187 g/mol. The number of benzene rings is 1. The quantitative estimate of drug-likeness (QED) is 0.667. The van der Waals surface area contributed by atoms with Crippen molar-refractivity contribution in [1.82, 2.24) is 0 Å². The zero-order valence-corrected chi connectivity index (χ0v) is 9.25. The molecule has 1 aromatic heterocycles. The highest BCUT2D eigenvalue weighted by atomic mass is 31.0. The Balaban J connectivity index is 2.78. The smallest absolute Gasteiger partial charge is 0.000605 e. The van der Waals surface area contributed by atoms with E-state index in [1.165, 1.54) is 21.4 Å². The molecule has 0 aliphatic rings. The maximum absolute atomic E-state index is 3.89. The number of allylic oxidation sites excluding steroid dienone is 1. The van der Waals surface area contributed by atoms with E-state index >= 15 is 0 Å². The second-order valence-electron chi connectivity index (χ2n) is 3.20. The monoisotopic (exact) mass is 200 g/mol. The van der Waals surface area contributed by atoms with Crippen molar-refractivity contribution < 1.29 is 0 Å². The lowest BCUT2D eigenvalue weighted by Gasteiger charge is -1.92. The maximum Gasteiger partial charge on any atom is -0.000605 e. The van der Waals surface area contributed by atoms with Crippen LogP contribution in [0.25, 0.3) is 22.7 Å². The minimum absolute atomic E-state index is 0.786. The molecule has 0 amide bonds. The summed E-state index contributed by atoms with van der Waals surface area (Å²) >= 11 is 0. The first-order chi connectivity index (χ1) is 6.86. The zero-order chi connectivity index (χ0) is 9.97. The number of fused-ring (bicyclic) bond motifs is 1. The van der Waals surface area contributed by atoms with Gasteiger partial charge in [0.2, 0.25) is 0 Å². The third-order valence-electron chi connectivity index (χ3n) is 2.31. The number of rotatable bonds is 2. The van der Waals surface area contributed by atoms with Gasteiger partial charge >= 0.3 is 0 Å². The molecular formula is C13H13P. The van der Waals surface area contributed by atoms with E-state index < -0.39 is 0 Å². The molecule has 0 bridgehead atoms. The second kappa shape index (κ2) is 3.86. The minimum atomic E-state index is 0.786. The van der Waals surface area contributed by atoms with Crippen molar-refractivity contribution >= 4 is 30.8 Å². The Morgan fingerprint density at radius 2 is 2.07 bits per heavy atom. The van der Waals surface area contributed by atoms with E-state index in [-0.39, 0.29) is 0 Å². The Labute approximate surface area is 86.0 Å². The molecule has 1 unspecified atom stereocenters. The van der Waals surface area contributed by atoms with E-state index in [1.807, 2.05) is 6.08 Å². The van der Waals surface area contributed by atoms with Crippen molar-refractivity contribution in [1.29, 1.82) is 0 Å². The van der Waals surface area contributed by atoms with Gasteiger partial charge in [-0.05, 0) is 28.3 Å². The molecule has 0 radical (unpaired) electrons. The molecule has 70 valence electrons. The molecule has 2 rings (SSSR count). The first kappa shape index (κ1) is 9.30. The molecule has 1 heteroatoms. The Morgan fingerprint density at radius 3 is 2.79 bits per heavy atom. The van der Waals surface area contributed by atoms with Gasteiger partial charge < -0.3 is 0 Å². The highest BCUT2D eigenvalue weighted by Gasteiger charge is 2.04. The van der Waals surface area contributed by atoms with Gasteiger partial charge in [-0.15, -0.1) is 8.19 Å². The molecule has 14 heavy (non-hydrogen) atoms. The van der Waals surface area contributed by atoms with E-state index in [1.54, 1.807) is 0 Å². The molecule has 0 fully saturated rings. The first-order valence-corrected chi connectivity index (χ1v) is 5.72. The predicted molar refractivity (Wildman–Crippen MR) is 68.2 cm³/mol. The topological polar surface area (TPSA) is 0 Å². The van der Waals surface area contributed by atoms with Gasteiger partial charge in [-0.3, -0.25) is 0 Å². The van der Waals surface area contributed by atoms with Gasteiger partial charge in [0, 0.05) is 0 Å². The third-order valence-corrected chi connectivity index (χ3v) is 3.72. The fourth-order valence-corrected chi connectivity index (χ4v) is 3.15. The molecule has 0 aliphatic heterocycles. The van der Waals surface area contributed by atoms with Crippen LogP contribution in [0.15, 0.2) is 36.9 Å². The van der Waals surface area contributed by atoms with Gasteiger partial charge in [-0.1, -0.05) is 49.1 Å². The number of hydrogen-bond acceptors (Lipinski definition) is 0. The second-order valence-corrected chi connectivity index (χ2v) is 4.53. The maximum atomic E-state index is 3.89. The molecule has 0 nitrogen and oxygen atoms in total. The normalized spacial score (nSPS) is 11.8. The van der Waals surface area contributed by atoms with Crippen LogP contribution in [0.4, 0.5) is 0 Å². The molecule has 0 aliphatic carbocycles. The highest BCUT2D eigenvalue weighted by molar-refractivity contribution is 7.39. The zero-order valence-electron chi connectivity index (χ0n) is 8.25. The fourth-order valence-electron chi connectivity index (χ4n) is 1.70. The summed E-state index contributed by atoms with van der Waals surface area (Å²) in [5.74, 6) is 0. The number of hydrogen-bond donors (Lipinski definition) is 0. The lowest BCUT2D eigenvalue weighted by atomic mass is 10.1. The van der Waals surface area contributed by atoms with Crippen LogP contribution < -0.4 is 0 Å². The first-order valence-electron chi connectivity index (χ1n) is 4.72. The van der Waals surface area contributed by atoms with Crippen molar-refractivity contribution in [2.75, 3.05) is 0 Å². The molecule has 1 heterocycles. The summed E-state index contributed by atoms with van der Waals surface area (Å²) in [7, 11) is 0.786. The molecule has 1 aromatic carbocycles. The summed E-state index contributed by atoms with van der Waals surface area (Å²) in [5.41, 5.74) is 1.30. The Morgan fingerprint density at radius 1 is 1.29 bits per heavy atom. The Hall–Kier alpha value is -1.26. The van der Waals surface area contributed by atoms with Crippen LogP contribution in [-0.4, -0.2) is 0 Å². The van der Waals surface area contributed by atoms with Crippen molar-refractivity contribution in [3.05, 3.63) is 47.8 Å². The van der Waals surface area contributed by atoms with Crippen LogP contribution in [0.1, 0.15) is 17.8 Å². The van der Waals surface area contributed by atoms with E-state index in [4.69, 9.17) is 0 Å². The van der Waals surface area contributed by atoms with Crippen LogP contribution in [0.2, 0.25) is 0 Å². The molecule has 1 atom stereocenters. The average molecular weight is 200 g/mol. The van der Waals surface area contributed by atoms with Gasteiger partial charge in [-0.2, -0.15) is 0 Å². The van der Waals surface area contributed by atoms with Crippen molar-refractivity contribution in [3.63, 3.8) is 0 Å². The largest absolute Gasteiger partial charge is 0.123 e. The highest BCUT2D eigenvalue weighted by Crippen LogP contribution is 2.36. The lowest BCUT2D eigenvalue weighted by molar-refractivity contribution is 1.77. The lowest BCUT2D eigenvalue weighted by Crippen LogP contribution is -1.70. The molecule has 0 saturated heterocycles. The van der Waals surface area contributed by atoms with Gasteiger partial charge in [0.25, 0.3) is 0 Å². The standard InChI is InChI=1S/C13H13P/c1-3-7-12-10(4-2)11-8-5-6-9-13(11)14-12/h3-9,14H,2H2,1H3/b7-3-. The molecule has 0 saturated carbocycles. The van der Waals surface area contributed by atoms with Crippen molar-refractivity contribution in [2.45, 2.75) is 6.92 Å². The molecule has 0 spiro atoms. The SMILES string of the molecule is C=Cc1c(/C=C\C)[pH]c2ccccc12. The minimum Gasteiger partial charge on any atom is -0.123 e. The van der Waals surface area contributed by atoms with E-state index in [9.17, 15) is 0 Å². The summed E-state index contributed by atoms with van der Waals surface area (Å²) in [6, 6.07) is 8.57. The van der Waals surface area contributed by atoms with Crippen LogP contribution in [0.5, 0.6) is 0 Å². The predicted octanol–water partition coefficient (Wildman–Crippen LogP) is 4.55. The Kier molecular flexibility index (Phi) is 2.56. The van der Waals surface area contributed by atoms with Crippen LogP contribution in [0.3, 0.4) is 0 Å². The summed E-state index contributed by atoms with van der Waals surface area (Å²) < 4.78 is 0. The summed E-state index contributed by atoms with van der Waals surface area (Å²) in [6.07, 6.45) is 6.25. The van der Waals surface area contributed by atoms with Gasteiger partial charge in [0.1, 0.15) is 0 Å². The van der Waals surface area contributed by atoms with Crippen LogP contribution >= 0.6 is 8.19 Å². The van der Waals surface area contributed by atoms with Gasteiger partial charge in [0.05, 0.1) is 0 Å². The molecule has 2 aromatic rings. The molecule has 0 N–H and O–H groups in total. The van der Waals surface area contributed by atoms with Crippen LogP contribution in [-0.2, 0) is 0 Å². The third kappa shape index (κ3) is 1.42.